The van der Waals surface area contributed by atoms with Gasteiger partial charge in [-0.3, -0.25) is 4.79 Å². The summed E-state index contributed by atoms with van der Waals surface area (Å²) in [5.74, 6) is -0.820. The molecule has 0 aromatic heterocycles. The van der Waals surface area contributed by atoms with E-state index in [0.717, 1.165) is 23.4 Å². The Kier molecular flexibility index (Phi) is 9.04. The number of likely N-dealkylation sites (tertiary alicyclic amines) is 1. The molecule has 3 amide bonds. The Morgan fingerprint density at radius 3 is 2.10 bits per heavy atom. The van der Waals surface area contributed by atoms with Crippen LogP contribution in [0, 0.1) is 0 Å². The summed E-state index contributed by atoms with van der Waals surface area (Å²) < 4.78 is 7.09. The molecule has 4 rings (SSSR count). The lowest BCUT2D eigenvalue weighted by Crippen LogP contribution is -2.49. The summed E-state index contributed by atoms with van der Waals surface area (Å²) in [5.41, 5.74) is 9.25. The van der Waals surface area contributed by atoms with Crippen LogP contribution < -0.4 is 11.1 Å². The molecule has 0 radical (unpaired) electrons. The third kappa shape index (κ3) is 7.49. The van der Waals surface area contributed by atoms with Crippen molar-refractivity contribution >= 4 is 29.3 Å². The molecule has 10 heteroatoms. The van der Waals surface area contributed by atoms with E-state index in [1.807, 2.05) is 12.1 Å². The Morgan fingerprint density at radius 2 is 1.54 bits per heavy atom. The number of esters is 1. The summed E-state index contributed by atoms with van der Waals surface area (Å²) in [7, 11) is 2.09. The number of carbonyl (C=O) groups excluding carboxylic acids is 3. The van der Waals surface area contributed by atoms with Gasteiger partial charge in [0.25, 0.3) is 5.91 Å². The van der Waals surface area contributed by atoms with Crippen molar-refractivity contribution in [3.05, 3.63) is 89.5 Å². The van der Waals surface area contributed by atoms with Gasteiger partial charge in [0.15, 0.2) is 6.04 Å². The van der Waals surface area contributed by atoms with E-state index in [2.05, 4.69) is 12.4 Å². The van der Waals surface area contributed by atoms with Gasteiger partial charge < -0.3 is 25.2 Å². The maximum Gasteiger partial charge on any atom is 0.496 e. The molecular formula is C31H36N4O6+2. The number of aromatic hydroxyl groups is 2. The monoisotopic (exact) mass is 560 g/mol. The van der Waals surface area contributed by atoms with Crippen molar-refractivity contribution in [3.63, 3.8) is 0 Å². The molecule has 1 unspecified atom stereocenters. The molecule has 214 valence electrons. The van der Waals surface area contributed by atoms with Gasteiger partial charge in [0.1, 0.15) is 36.0 Å². The minimum absolute atomic E-state index is 0.0951. The number of amides is 3. The smallest absolute Gasteiger partial charge is 0.496 e. The second-order valence-corrected chi connectivity index (χ2v) is 10.5. The maximum atomic E-state index is 13.8. The van der Waals surface area contributed by atoms with Crippen LogP contribution in [0.15, 0.2) is 72.8 Å². The fourth-order valence-corrected chi connectivity index (χ4v) is 5.14. The van der Waals surface area contributed by atoms with Gasteiger partial charge >= 0.3 is 12.0 Å². The second kappa shape index (κ2) is 12.6. The lowest BCUT2D eigenvalue weighted by molar-refractivity contribution is -0.907. The number of ether oxygens (including phenoxy) is 1. The van der Waals surface area contributed by atoms with E-state index in [0.29, 0.717) is 35.2 Å². The Hall–Kier alpha value is -4.70. The lowest BCUT2D eigenvalue weighted by Gasteiger charge is -2.28. The second-order valence-electron chi connectivity index (χ2n) is 10.5. The molecule has 2 atom stereocenters. The van der Waals surface area contributed by atoms with Crippen LogP contribution in [0.2, 0.25) is 0 Å². The van der Waals surface area contributed by atoms with Crippen molar-refractivity contribution in [2.75, 3.05) is 32.1 Å². The fraction of sp³-hybridized carbons (Fsp3) is 0.290. The highest BCUT2D eigenvalue weighted by Gasteiger charge is 2.41. The molecule has 0 bridgehead atoms. The zero-order chi connectivity index (χ0) is 29.6. The van der Waals surface area contributed by atoms with Crippen molar-refractivity contribution in [3.8, 4) is 11.5 Å². The van der Waals surface area contributed by atoms with Crippen molar-refractivity contribution in [1.29, 1.82) is 0 Å². The minimum Gasteiger partial charge on any atom is -0.508 e. The molecule has 0 aliphatic carbocycles. The summed E-state index contributed by atoms with van der Waals surface area (Å²) in [6, 6.07) is 18.3. The van der Waals surface area contributed by atoms with E-state index in [4.69, 9.17) is 10.5 Å². The summed E-state index contributed by atoms with van der Waals surface area (Å²) in [4.78, 5) is 38.7. The molecule has 1 aliphatic heterocycles. The first kappa shape index (κ1) is 29.3. The number of nitrogens with two attached hydrogens (primary N) is 1. The predicted octanol–water partition coefficient (Wildman–Crippen LogP) is 3.41. The van der Waals surface area contributed by atoms with Crippen LogP contribution in [0.3, 0.4) is 0 Å². The van der Waals surface area contributed by atoms with E-state index in [1.54, 1.807) is 55.5 Å². The topological polar surface area (TPSA) is 142 Å². The third-order valence-corrected chi connectivity index (χ3v) is 7.22. The zero-order valence-corrected chi connectivity index (χ0v) is 23.2. The van der Waals surface area contributed by atoms with Crippen molar-refractivity contribution in [1.82, 2.24) is 0 Å². The molecule has 1 heterocycles. The number of phenolic OH excluding ortho intramolecular Hbond substituents is 2. The van der Waals surface area contributed by atoms with Gasteiger partial charge in [0.2, 0.25) is 0 Å². The van der Waals surface area contributed by atoms with Crippen LogP contribution in [0.1, 0.15) is 34.8 Å². The van der Waals surface area contributed by atoms with Gasteiger partial charge in [-0.25, -0.2) is 10.1 Å². The molecule has 0 saturated carbocycles. The Bertz CT molecular complexity index is 1430. The molecule has 5 N–H and O–H groups in total. The Balaban J connectivity index is 1.65. The summed E-state index contributed by atoms with van der Waals surface area (Å²) >= 11 is 0. The van der Waals surface area contributed by atoms with Crippen LogP contribution in [0.5, 0.6) is 11.5 Å². The number of hydrogen-bond acceptors (Lipinski definition) is 6. The van der Waals surface area contributed by atoms with Crippen LogP contribution in [-0.2, 0) is 22.5 Å². The first-order chi connectivity index (χ1) is 19.6. The average molecular weight is 561 g/mol. The molecule has 1 fully saturated rings. The minimum atomic E-state index is -0.978. The molecule has 3 aromatic carbocycles. The zero-order valence-electron chi connectivity index (χ0n) is 23.2. The number of nitrogens with zero attached hydrogens (tertiary/aromatic N) is 2. The number of quaternary nitrogens is 1. The SMILES string of the molecule is CCOC(=O)c1ccc(NC(=O)/[N+](=C2/CC[N+](C)(Cc3ccc(O)cc3)C2)[C@@H](Cc2ccc(O)cc2)C(N)=O)cc1. The average Bonchev–Trinajstić information content (AvgIpc) is 3.32. The highest BCUT2D eigenvalue weighted by Crippen LogP contribution is 2.23. The van der Waals surface area contributed by atoms with E-state index in [1.165, 1.54) is 16.7 Å². The summed E-state index contributed by atoms with van der Waals surface area (Å²) in [5, 5.41) is 22.2. The molecule has 1 saturated heterocycles. The van der Waals surface area contributed by atoms with Crippen LogP contribution in [0.25, 0.3) is 0 Å². The number of benzene rings is 3. The van der Waals surface area contributed by atoms with Gasteiger partial charge in [-0.2, -0.15) is 9.37 Å². The van der Waals surface area contributed by atoms with Gasteiger partial charge in [0.05, 0.1) is 32.2 Å². The Morgan fingerprint density at radius 1 is 0.951 bits per heavy atom. The summed E-state index contributed by atoms with van der Waals surface area (Å²) in [6.45, 7) is 3.90. The van der Waals surface area contributed by atoms with Gasteiger partial charge in [-0.15, -0.1) is 0 Å². The van der Waals surface area contributed by atoms with Crippen LogP contribution in [-0.4, -0.2) is 75.7 Å². The highest BCUT2D eigenvalue weighted by atomic mass is 16.5. The molecule has 41 heavy (non-hydrogen) atoms. The first-order valence-corrected chi connectivity index (χ1v) is 13.5. The van der Waals surface area contributed by atoms with E-state index in [-0.39, 0.29) is 24.5 Å². The van der Waals surface area contributed by atoms with Gasteiger partial charge in [0, 0.05) is 12.0 Å². The molecular weight excluding hydrogens is 524 g/mol. The highest BCUT2D eigenvalue weighted by molar-refractivity contribution is 5.95. The number of rotatable bonds is 9. The largest absolute Gasteiger partial charge is 0.508 e. The first-order valence-electron chi connectivity index (χ1n) is 13.5. The number of anilines is 1. The number of nitrogens with one attached hydrogen (secondary N) is 1. The normalized spacial score (nSPS) is 18.4. The molecule has 3 aromatic rings. The molecule has 10 nitrogen and oxygen atoms in total. The lowest BCUT2D eigenvalue weighted by atomic mass is 10.0. The third-order valence-electron chi connectivity index (χ3n) is 7.22. The van der Waals surface area contributed by atoms with Gasteiger partial charge in [-0.1, -0.05) is 12.1 Å². The molecule has 1 aliphatic rings. The van der Waals surface area contributed by atoms with Crippen molar-refractivity contribution in [2.45, 2.75) is 32.4 Å². The van der Waals surface area contributed by atoms with E-state index in [9.17, 15) is 24.6 Å². The van der Waals surface area contributed by atoms with Crippen LogP contribution >= 0.6 is 0 Å². The van der Waals surface area contributed by atoms with Crippen molar-refractivity contribution < 1.29 is 38.4 Å². The number of hydrogen-bond donors (Lipinski definition) is 4. The van der Waals surface area contributed by atoms with E-state index < -0.39 is 23.9 Å². The fourth-order valence-electron chi connectivity index (χ4n) is 5.14. The van der Waals surface area contributed by atoms with Crippen molar-refractivity contribution in [2.24, 2.45) is 5.73 Å². The number of carbonyl (C=O) groups is 3. The standard InChI is InChI=1S/C31H34N4O6/c1-3-41-30(39)23-8-10-24(11-9-23)33-31(40)34(28(29(32)38)18-21-4-12-26(36)13-5-21)25-16-17-35(2,20-25)19-22-6-14-27(37)15-7-22/h4-15,28H,3,16-20H2,1-2H3,(H3-2,32,33,36,37,38,39,40)/p+2/b34-25-/t28-,35?/m0/s1. The van der Waals surface area contributed by atoms with E-state index >= 15 is 0 Å². The Labute approximate surface area is 238 Å². The quantitative estimate of drug-likeness (QED) is 0.180. The predicted molar refractivity (Wildman–Crippen MR) is 154 cm³/mol. The van der Waals surface area contributed by atoms with Crippen LogP contribution in [0.4, 0.5) is 10.5 Å². The maximum absolute atomic E-state index is 13.8. The number of urea groups is 1. The molecule has 0 spiro atoms. The number of phenols is 2. The number of primary amides is 1. The van der Waals surface area contributed by atoms with Gasteiger partial charge in [-0.05, 0) is 73.2 Å². The summed E-state index contributed by atoms with van der Waals surface area (Å²) in [6.07, 6.45) is 0.735.